The Kier molecular flexibility index (Phi) is 7.76. The first kappa shape index (κ1) is 19.0. The Morgan fingerprint density at radius 3 is 2.38 bits per heavy atom. The molecule has 0 radical (unpaired) electrons. The first-order chi connectivity index (χ1) is 11.5. The van der Waals surface area contributed by atoms with Gasteiger partial charge >= 0.3 is 5.97 Å². The third-order valence-corrected chi connectivity index (χ3v) is 5.04. The van der Waals surface area contributed by atoms with Crippen molar-refractivity contribution in [3.8, 4) is 0 Å². The lowest BCUT2D eigenvalue weighted by atomic mass is 9.91. The highest BCUT2D eigenvalue weighted by Gasteiger charge is 2.21. The van der Waals surface area contributed by atoms with Gasteiger partial charge in [0.25, 0.3) is 5.91 Å². The molecule has 1 amide bonds. The average Bonchev–Trinajstić information content (AvgIpc) is 2.59. The summed E-state index contributed by atoms with van der Waals surface area (Å²) in [6.45, 7) is 10.4. The van der Waals surface area contributed by atoms with E-state index in [4.69, 9.17) is 4.74 Å². The van der Waals surface area contributed by atoms with Crippen LogP contribution in [-0.4, -0.2) is 61.0 Å². The summed E-state index contributed by atoms with van der Waals surface area (Å²) in [5.41, 5.74) is 1.26. The summed E-state index contributed by atoms with van der Waals surface area (Å²) in [6, 6.07) is 0. The number of carbonyl (C=O) groups excluding carboxylic acids is 2. The van der Waals surface area contributed by atoms with E-state index in [-0.39, 0.29) is 18.5 Å². The SMILES string of the molecule is C=C(C)CC1CCN(CCC(=O)OCC(=O)N2CCCCC2)CC1. The lowest BCUT2D eigenvalue weighted by Crippen LogP contribution is -2.39. The van der Waals surface area contributed by atoms with E-state index in [9.17, 15) is 9.59 Å². The van der Waals surface area contributed by atoms with Crippen molar-refractivity contribution in [2.45, 2.75) is 51.9 Å². The van der Waals surface area contributed by atoms with Crippen LogP contribution in [0.2, 0.25) is 0 Å². The average molecular weight is 336 g/mol. The Morgan fingerprint density at radius 2 is 1.75 bits per heavy atom. The molecule has 2 aliphatic heterocycles. The third-order valence-electron chi connectivity index (χ3n) is 5.04. The van der Waals surface area contributed by atoms with Crippen molar-refractivity contribution < 1.29 is 14.3 Å². The van der Waals surface area contributed by atoms with Crippen molar-refractivity contribution in [2.24, 2.45) is 5.92 Å². The first-order valence-electron chi connectivity index (χ1n) is 9.34. The second-order valence-electron chi connectivity index (χ2n) is 7.30. The Bertz CT molecular complexity index is 436. The van der Waals surface area contributed by atoms with E-state index >= 15 is 0 Å². The summed E-state index contributed by atoms with van der Waals surface area (Å²) < 4.78 is 5.15. The van der Waals surface area contributed by atoms with E-state index in [1.54, 1.807) is 0 Å². The summed E-state index contributed by atoms with van der Waals surface area (Å²) in [5.74, 6) is 0.431. The maximum Gasteiger partial charge on any atom is 0.307 e. The highest BCUT2D eigenvalue weighted by Crippen LogP contribution is 2.23. The number of allylic oxidation sites excluding steroid dienone is 1. The van der Waals surface area contributed by atoms with Gasteiger partial charge in [0, 0.05) is 19.6 Å². The maximum absolute atomic E-state index is 12.0. The fourth-order valence-electron chi connectivity index (χ4n) is 3.61. The molecule has 0 aromatic rings. The van der Waals surface area contributed by atoms with Gasteiger partial charge in [-0.15, -0.1) is 6.58 Å². The molecule has 0 saturated carbocycles. The van der Waals surface area contributed by atoms with E-state index < -0.39 is 0 Å². The lowest BCUT2D eigenvalue weighted by Gasteiger charge is -2.31. The van der Waals surface area contributed by atoms with Gasteiger partial charge in [-0.2, -0.15) is 0 Å². The van der Waals surface area contributed by atoms with Gasteiger partial charge in [-0.05, 0) is 64.5 Å². The van der Waals surface area contributed by atoms with Gasteiger partial charge in [-0.3, -0.25) is 9.59 Å². The van der Waals surface area contributed by atoms with Gasteiger partial charge in [0.2, 0.25) is 0 Å². The van der Waals surface area contributed by atoms with Gasteiger partial charge in [0.1, 0.15) is 0 Å². The number of amides is 1. The van der Waals surface area contributed by atoms with Gasteiger partial charge in [0.05, 0.1) is 6.42 Å². The minimum absolute atomic E-state index is 0.0522. The Hall–Kier alpha value is -1.36. The number of hydrogen-bond donors (Lipinski definition) is 0. The van der Waals surface area contributed by atoms with E-state index in [1.807, 2.05) is 4.90 Å². The number of carbonyl (C=O) groups is 2. The Balaban J connectivity index is 1.56. The Morgan fingerprint density at radius 1 is 1.08 bits per heavy atom. The van der Waals surface area contributed by atoms with Crippen molar-refractivity contribution in [1.29, 1.82) is 0 Å². The minimum Gasteiger partial charge on any atom is -0.456 e. The molecule has 2 rings (SSSR count). The molecule has 2 heterocycles. The molecule has 0 unspecified atom stereocenters. The van der Waals surface area contributed by atoms with Crippen LogP contribution in [-0.2, 0) is 14.3 Å². The van der Waals surface area contributed by atoms with Crippen LogP contribution >= 0.6 is 0 Å². The molecule has 0 aromatic heterocycles. The molecule has 5 nitrogen and oxygen atoms in total. The number of rotatable bonds is 7. The number of nitrogens with zero attached hydrogens (tertiary/aromatic N) is 2. The summed E-state index contributed by atoms with van der Waals surface area (Å²) in [4.78, 5) is 27.9. The predicted octanol–water partition coefficient (Wildman–Crippen LogP) is 2.61. The summed E-state index contributed by atoms with van der Waals surface area (Å²) in [5, 5.41) is 0. The molecule has 0 N–H and O–H groups in total. The summed E-state index contributed by atoms with van der Waals surface area (Å²) >= 11 is 0. The smallest absolute Gasteiger partial charge is 0.307 e. The fourth-order valence-corrected chi connectivity index (χ4v) is 3.61. The predicted molar refractivity (Wildman–Crippen MR) is 94.6 cm³/mol. The topological polar surface area (TPSA) is 49.9 Å². The molecular formula is C19H32N2O3. The highest BCUT2D eigenvalue weighted by molar-refractivity contribution is 5.80. The van der Waals surface area contributed by atoms with E-state index in [1.165, 1.54) is 24.8 Å². The van der Waals surface area contributed by atoms with Crippen molar-refractivity contribution >= 4 is 11.9 Å². The van der Waals surface area contributed by atoms with Crippen LogP contribution < -0.4 is 0 Å². The molecule has 0 bridgehead atoms. The Labute approximate surface area is 146 Å². The van der Waals surface area contributed by atoms with Crippen LogP contribution in [0.15, 0.2) is 12.2 Å². The molecule has 2 saturated heterocycles. The third kappa shape index (κ3) is 6.63. The molecule has 2 aliphatic rings. The summed E-state index contributed by atoms with van der Waals surface area (Å²) in [6.07, 6.45) is 7.15. The quantitative estimate of drug-likeness (QED) is 0.530. The number of piperidine rings is 2. The minimum atomic E-state index is -0.260. The first-order valence-corrected chi connectivity index (χ1v) is 9.34. The zero-order valence-electron chi connectivity index (χ0n) is 15.1. The second-order valence-corrected chi connectivity index (χ2v) is 7.30. The second kappa shape index (κ2) is 9.82. The number of hydrogen-bond acceptors (Lipinski definition) is 4. The maximum atomic E-state index is 12.0. The zero-order valence-corrected chi connectivity index (χ0v) is 15.1. The molecule has 5 heteroatoms. The van der Waals surface area contributed by atoms with Crippen molar-refractivity contribution in [1.82, 2.24) is 9.80 Å². The molecule has 0 aliphatic carbocycles. The standard InChI is InChI=1S/C19H32N2O3/c1-16(2)14-17-6-11-20(12-7-17)13-8-19(23)24-15-18(22)21-9-4-3-5-10-21/h17H,1,3-15H2,2H3. The highest BCUT2D eigenvalue weighted by atomic mass is 16.5. The van der Waals surface area contributed by atoms with Crippen molar-refractivity contribution in [2.75, 3.05) is 39.3 Å². The van der Waals surface area contributed by atoms with Gasteiger partial charge < -0.3 is 14.5 Å². The number of ether oxygens (including phenoxy) is 1. The molecular weight excluding hydrogens is 304 g/mol. The monoisotopic (exact) mass is 336 g/mol. The fraction of sp³-hybridized carbons (Fsp3) is 0.789. The number of esters is 1. The van der Waals surface area contributed by atoms with E-state index in [0.29, 0.717) is 6.42 Å². The van der Waals surface area contributed by atoms with Crippen LogP contribution in [0.5, 0.6) is 0 Å². The zero-order chi connectivity index (χ0) is 17.4. The molecule has 136 valence electrons. The van der Waals surface area contributed by atoms with Crippen LogP contribution in [0, 0.1) is 5.92 Å². The van der Waals surface area contributed by atoms with Gasteiger partial charge in [0.15, 0.2) is 6.61 Å². The molecule has 0 aromatic carbocycles. The lowest BCUT2D eigenvalue weighted by molar-refractivity contribution is -0.152. The van der Waals surface area contributed by atoms with Crippen molar-refractivity contribution in [3.05, 3.63) is 12.2 Å². The van der Waals surface area contributed by atoms with E-state index in [0.717, 1.165) is 57.9 Å². The van der Waals surface area contributed by atoms with Gasteiger partial charge in [-0.1, -0.05) is 5.57 Å². The number of likely N-dealkylation sites (tertiary alicyclic amines) is 2. The molecule has 0 spiro atoms. The van der Waals surface area contributed by atoms with Crippen LogP contribution in [0.4, 0.5) is 0 Å². The van der Waals surface area contributed by atoms with E-state index in [2.05, 4.69) is 18.4 Å². The van der Waals surface area contributed by atoms with Crippen molar-refractivity contribution in [3.63, 3.8) is 0 Å². The van der Waals surface area contributed by atoms with Crippen LogP contribution in [0.3, 0.4) is 0 Å². The summed E-state index contributed by atoms with van der Waals surface area (Å²) in [7, 11) is 0. The van der Waals surface area contributed by atoms with Crippen LogP contribution in [0.25, 0.3) is 0 Å². The normalized spacial score (nSPS) is 20.0. The largest absolute Gasteiger partial charge is 0.456 e. The van der Waals surface area contributed by atoms with Gasteiger partial charge in [-0.25, -0.2) is 0 Å². The molecule has 24 heavy (non-hydrogen) atoms. The van der Waals surface area contributed by atoms with Crippen LogP contribution in [0.1, 0.15) is 51.9 Å². The molecule has 2 fully saturated rings. The molecule has 0 atom stereocenters.